The van der Waals surface area contributed by atoms with E-state index in [2.05, 4.69) is 56.8 Å². The predicted octanol–water partition coefficient (Wildman–Crippen LogP) is 3.69. The lowest BCUT2D eigenvalue weighted by Crippen LogP contribution is -2.39. The summed E-state index contributed by atoms with van der Waals surface area (Å²) < 4.78 is 0. The summed E-state index contributed by atoms with van der Waals surface area (Å²) in [7, 11) is 2.13. The first kappa shape index (κ1) is 13.7. The van der Waals surface area contributed by atoms with Crippen molar-refractivity contribution in [3.63, 3.8) is 0 Å². The van der Waals surface area contributed by atoms with Crippen molar-refractivity contribution in [2.75, 3.05) is 17.7 Å². The van der Waals surface area contributed by atoms with Crippen LogP contribution in [0.3, 0.4) is 0 Å². The monoisotopic (exact) mass is 257 g/mol. The van der Waals surface area contributed by atoms with Crippen LogP contribution in [-0.4, -0.2) is 18.1 Å². The smallest absolute Gasteiger partial charge is 0.0951 e. The van der Waals surface area contributed by atoms with Gasteiger partial charge in [-0.25, -0.2) is 0 Å². The molecule has 0 saturated heterocycles. The number of hydrogen-bond acceptors (Lipinski definition) is 3. The lowest BCUT2D eigenvalue weighted by molar-refractivity contribution is 0.330. The summed E-state index contributed by atoms with van der Waals surface area (Å²) >= 11 is 0. The summed E-state index contributed by atoms with van der Waals surface area (Å²) in [6, 6.07) is 8.48. The van der Waals surface area contributed by atoms with Crippen molar-refractivity contribution in [1.82, 2.24) is 4.98 Å². The van der Waals surface area contributed by atoms with Gasteiger partial charge in [0.15, 0.2) is 0 Å². The molecule has 0 aliphatic heterocycles. The number of aromatic nitrogens is 1. The molecule has 2 N–H and O–H groups in total. The molecular formula is C16H23N3. The van der Waals surface area contributed by atoms with E-state index in [1.165, 1.54) is 5.69 Å². The number of pyridine rings is 1. The Morgan fingerprint density at radius 1 is 1.21 bits per heavy atom. The van der Waals surface area contributed by atoms with Crippen LogP contribution in [0.2, 0.25) is 0 Å². The Morgan fingerprint density at radius 3 is 2.53 bits per heavy atom. The Kier molecular flexibility index (Phi) is 3.40. The van der Waals surface area contributed by atoms with E-state index in [-0.39, 0.29) is 5.41 Å². The molecule has 1 aromatic carbocycles. The van der Waals surface area contributed by atoms with Crippen LogP contribution >= 0.6 is 0 Å². The van der Waals surface area contributed by atoms with Crippen molar-refractivity contribution in [3.05, 3.63) is 30.5 Å². The number of nitrogen functional groups attached to an aromatic ring is 1. The van der Waals surface area contributed by atoms with Gasteiger partial charge < -0.3 is 10.6 Å². The Balaban J connectivity index is 2.55. The van der Waals surface area contributed by atoms with Crippen molar-refractivity contribution >= 4 is 22.3 Å². The zero-order chi connectivity index (χ0) is 14.2. The molecule has 1 aromatic heterocycles. The molecule has 3 heteroatoms. The zero-order valence-corrected chi connectivity index (χ0v) is 12.4. The molecule has 1 heterocycles. The minimum Gasteiger partial charge on any atom is -0.397 e. The van der Waals surface area contributed by atoms with Crippen LogP contribution < -0.4 is 10.6 Å². The van der Waals surface area contributed by atoms with Crippen molar-refractivity contribution in [1.29, 1.82) is 0 Å². The average molecular weight is 257 g/mol. The molecule has 1 atom stereocenters. The fourth-order valence-corrected chi connectivity index (χ4v) is 2.28. The lowest BCUT2D eigenvalue weighted by atomic mass is 9.86. The third-order valence-corrected chi connectivity index (χ3v) is 3.99. The van der Waals surface area contributed by atoms with Gasteiger partial charge in [0, 0.05) is 30.4 Å². The number of nitrogens with zero attached hydrogens (tertiary/aromatic N) is 2. The van der Waals surface area contributed by atoms with E-state index in [9.17, 15) is 0 Å². The third-order valence-electron chi connectivity index (χ3n) is 3.99. The number of anilines is 2. The minimum absolute atomic E-state index is 0.213. The Morgan fingerprint density at radius 2 is 1.89 bits per heavy atom. The number of fused-ring (bicyclic) bond motifs is 1. The van der Waals surface area contributed by atoms with Crippen LogP contribution in [0.1, 0.15) is 27.7 Å². The van der Waals surface area contributed by atoms with Crippen LogP contribution in [0, 0.1) is 5.41 Å². The normalized spacial score (nSPS) is 13.5. The van der Waals surface area contributed by atoms with Gasteiger partial charge in [0.05, 0.1) is 11.2 Å². The predicted molar refractivity (Wildman–Crippen MR) is 83.5 cm³/mol. The standard InChI is InChI=1S/C16H23N3/c1-11(16(2,3)4)19(5)14-9-8-13(17)15-12(14)7-6-10-18-15/h6-11H,17H2,1-5H3. The highest BCUT2D eigenvalue weighted by Crippen LogP contribution is 2.33. The summed E-state index contributed by atoms with van der Waals surface area (Å²) in [5.41, 5.74) is 9.01. The molecule has 0 spiro atoms. The average Bonchev–Trinajstić information content (AvgIpc) is 2.37. The van der Waals surface area contributed by atoms with E-state index in [1.807, 2.05) is 12.1 Å². The highest BCUT2D eigenvalue weighted by atomic mass is 15.1. The van der Waals surface area contributed by atoms with E-state index < -0.39 is 0 Å². The summed E-state index contributed by atoms with van der Waals surface area (Å²) in [6.45, 7) is 9.02. The fourth-order valence-electron chi connectivity index (χ4n) is 2.28. The maximum absolute atomic E-state index is 6.01. The lowest BCUT2D eigenvalue weighted by Gasteiger charge is -2.37. The van der Waals surface area contributed by atoms with Gasteiger partial charge in [0.1, 0.15) is 0 Å². The number of rotatable bonds is 2. The van der Waals surface area contributed by atoms with Crippen molar-refractivity contribution < 1.29 is 0 Å². The molecule has 0 amide bonds. The molecule has 1 unspecified atom stereocenters. The van der Waals surface area contributed by atoms with Crippen molar-refractivity contribution in [2.24, 2.45) is 5.41 Å². The van der Waals surface area contributed by atoms with E-state index in [1.54, 1.807) is 6.20 Å². The van der Waals surface area contributed by atoms with E-state index in [4.69, 9.17) is 5.73 Å². The van der Waals surface area contributed by atoms with Gasteiger partial charge in [-0.3, -0.25) is 4.98 Å². The first-order chi connectivity index (χ1) is 8.82. The third kappa shape index (κ3) is 2.50. The van der Waals surface area contributed by atoms with Crippen LogP contribution in [0.5, 0.6) is 0 Å². The molecule has 102 valence electrons. The van der Waals surface area contributed by atoms with Crippen molar-refractivity contribution in [2.45, 2.75) is 33.7 Å². The molecule has 0 fully saturated rings. The molecule has 2 aromatic rings. The van der Waals surface area contributed by atoms with Crippen molar-refractivity contribution in [3.8, 4) is 0 Å². The van der Waals surface area contributed by atoms with E-state index >= 15 is 0 Å². The van der Waals surface area contributed by atoms with Gasteiger partial charge in [-0.1, -0.05) is 20.8 Å². The summed E-state index contributed by atoms with van der Waals surface area (Å²) in [5.74, 6) is 0. The maximum atomic E-state index is 6.01. The van der Waals surface area contributed by atoms with Gasteiger partial charge in [0.25, 0.3) is 0 Å². The largest absolute Gasteiger partial charge is 0.397 e. The molecular weight excluding hydrogens is 234 g/mol. The summed E-state index contributed by atoms with van der Waals surface area (Å²) in [5, 5.41) is 1.11. The molecule has 2 rings (SSSR count). The van der Waals surface area contributed by atoms with E-state index in [0.29, 0.717) is 6.04 Å². The molecule has 0 saturated carbocycles. The van der Waals surface area contributed by atoms with Gasteiger partial charge in [-0.2, -0.15) is 0 Å². The number of hydrogen-bond donors (Lipinski definition) is 1. The van der Waals surface area contributed by atoms with Crippen LogP contribution in [-0.2, 0) is 0 Å². The Labute approximate surface area is 115 Å². The SMILES string of the molecule is CC(N(C)c1ccc(N)c2ncccc12)C(C)(C)C. The van der Waals surface area contributed by atoms with Gasteiger partial charge in [0.2, 0.25) is 0 Å². The Hall–Kier alpha value is -1.77. The summed E-state index contributed by atoms with van der Waals surface area (Å²) in [6.07, 6.45) is 1.79. The molecule has 0 radical (unpaired) electrons. The second-order valence-corrected chi connectivity index (χ2v) is 6.23. The minimum atomic E-state index is 0.213. The second-order valence-electron chi connectivity index (χ2n) is 6.23. The maximum Gasteiger partial charge on any atom is 0.0951 e. The van der Waals surface area contributed by atoms with E-state index in [0.717, 1.165) is 16.6 Å². The second kappa shape index (κ2) is 4.72. The number of nitrogens with two attached hydrogens (primary N) is 1. The topological polar surface area (TPSA) is 42.1 Å². The van der Waals surface area contributed by atoms with Gasteiger partial charge in [-0.15, -0.1) is 0 Å². The van der Waals surface area contributed by atoms with Gasteiger partial charge >= 0.3 is 0 Å². The first-order valence-electron chi connectivity index (χ1n) is 6.68. The first-order valence-corrected chi connectivity index (χ1v) is 6.68. The quantitative estimate of drug-likeness (QED) is 0.834. The fraction of sp³-hybridized carbons (Fsp3) is 0.438. The zero-order valence-electron chi connectivity index (χ0n) is 12.4. The molecule has 0 aliphatic rings. The number of benzene rings is 1. The van der Waals surface area contributed by atoms with Crippen LogP contribution in [0.15, 0.2) is 30.5 Å². The van der Waals surface area contributed by atoms with Crippen LogP contribution in [0.4, 0.5) is 11.4 Å². The Bertz CT molecular complexity index is 584. The van der Waals surface area contributed by atoms with Crippen LogP contribution in [0.25, 0.3) is 10.9 Å². The highest BCUT2D eigenvalue weighted by molar-refractivity contribution is 5.98. The highest BCUT2D eigenvalue weighted by Gasteiger charge is 2.25. The molecule has 0 aliphatic carbocycles. The molecule has 3 nitrogen and oxygen atoms in total. The summed E-state index contributed by atoms with van der Waals surface area (Å²) in [4.78, 5) is 6.70. The molecule has 19 heavy (non-hydrogen) atoms. The van der Waals surface area contributed by atoms with Gasteiger partial charge in [-0.05, 0) is 36.6 Å². The molecule has 0 bridgehead atoms.